The van der Waals surface area contributed by atoms with Gasteiger partial charge in [-0.1, -0.05) is 0 Å². The summed E-state index contributed by atoms with van der Waals surface area (Å²) < 4.78 is 5.15. The summed E-state index contributed by atoms with van der Waals surface area (Å²) in [5.41, 5.74) is 8.54. The second-order valence-corrected chi connectivity index (χ2v) is 3.86. The fourth-order valence-electron chi connectivity index (χ4n) is 1.92. The molecule has 0 saturated heterocycles. The molecule has 0 bridgehead atoms. The number of hydrogen-bond acceptors (Lipinski definition) is 5. The second kappa shape index (κ2) is 3.60. The number of nitrogens with zero attached hydrogens (tertiary/aromatic N) is 3. The average molecular weight is 239 g/mol. The van der Waals surface area contributed by atoms with E-state index in [1.165, 1.54) is 6.26 Å². The number of nitriles is 1. The summed E-state index contributed by atoms with van der Waals surface area (Å²) in [6.07, 6.45) is 3.09. The van der Waals surface area contributed by atoms with Crippen LogP contribution in [0.15, 0.2) is 22.9 Å². The molecule has 0 unspecified atom stereocenters. The van der Waals surface area contributed by atoms with E-state index in [0.29, 0.717) is 39.6 Å². The van der Waals surface area contributed by atoms with Gasteiger partial charge < -0.3 is 15.1 Å². The summed E-state index contributed by atoms with van der Waals surface area (Å²) in [4.78, 5) is 11.4. The van der Waals surface area contributed by atoms with Crippen molar-refractivity contribution >= 4 is 16.7 Å². The number of aromatic nitrogens is 3. The highest BCUT2D eigenvalue weighted by Crippen LogP contribution is 2.31. The first-order valence-electron chi connectivity index (χ1n) is 5.29. The first kappa shape index (κ1) is 10.4. The largest absolute Gasteiger partial charge is 0.449 e. The molecule has 0 radical (unpaired) electrons. The molecule has 0 aliphatic carbocycles. The van der Waals surface area contributed by atoms with E-state index in [9.17, 15) is 5.26 Å². The van der Waals surface area contributed by atoms with Crippen LogP contribution in [0.5, 0.6) is 0 Å². The summed E-state index contributed by atoms with van der Waals surface area (Å²) in [5, 5.41) is 9.91. The van der Waals surface area contributed by atoms with Crippen molar-refractivity contribution in [3.05, 3.63) is 30.0 Å². The molecular weight excluding hydrogens is 230 g/mol. The van der Waals surface area contributed by atoms with E-state index < -0.39 is 0 Å². The Labute approximate surface area is 102 Å². The van der Waals surface area contributed by atoms with Crippen LogP contribution in [0, 0.1) is 18.3 Å². The van der Waals surface area contributed by atoms with Crippen LogP contribution >= 0.6 is 0 Å². The normalized spacial score (nSPS) is 10.7. The van der Waals surface area contributed by atoms with Crippen molar-refractivity contribution < 1.29 is 4.42 Å². The number of fused-ring (bicyclic) bond motifs is 1. The number of nitrogens with two attached hydrogens (primary N) is 1. The van der Waals surface area contributed by atoms with Crippen molar-refractivity contribution in [2.24, 2.45) is 0 Å². The zero-order valence-electron chi connectivity index (χ0n) is 9.56. The highest BCUT2D eigenvalue weighted by atomic mass is 16.3. The summed E-state index contributed by atoms with van der Waals surface area (Å²) >= 11 is 0. The number of hydrogen-bond donors (Lipinski definition) is 2. The van der Waals surface area contributed by atoms with Gasteiger partial charge in [-0.3, -0.25) is 0 Å². The molecule has 6 nitrogen and oxygen atoms in total. The Morgan fingerprint density at radius 1 is 1.50 bits per heavy atom. The van der Waals surface area contributed by atoms with Crippen LogP contribution < -0.4 is 5.73 Å². The van der Waals surface area contributed by atoms with Gasteiger partial charge in [0.1, 0.15) is 23.7 Å². The van der Waals surface area contributed by atoms with E-state index in [-0.39, 0.29) is 0 Å². The number of pyridine rings is 1. The van der Waals surface area contributed by atoms with Crippen LogP contribution in [0.4, 0.5) is 5.69 Å². The lowest BCUT2D eigenvalue weighted by Crippen LogP contribution is -1.87. The van der Waals surface area contributed by atoms with E-state index >= 15 is 0 Å². The highest BCUT2D eigenvalue weighted by Gasteiger charge is 2.17. The van der Waals surface area contributed by atoms with Crippen LogP contribution in [-0.2, 0) is 0 Å². The number of nitrogen functional groups attached to an aromatic ring is 1. The number of rotatable bonds is 1. The van der Waals surface area contributed by atoms with Gasteiger partial charge in [0.2, 0.25) is 0 Å². The minimum Gasteiger partial charge on any atom is -0.449 e. The molecule has 0 aromatic carbocycles. The average Bonchev–Trinajstić information content (AvgIpc) is 2.92. The molecule has 0 atom stereocenters. The predicted molar refractivity (Wildman–Crippen MR) is 65.5 cm³/mol. The van der Waals surface area contributed by atoms with Gasteiger partial charge in [0.05, 0.1) is 16.6 Å². The van der Waals surface area contributed by atoms with Crippen LogP contribution in [0.1, 0.15) is 11.5 Å². The van der Waals surface area contributed by atoms with Gasteiger partial charge in [0.15, 0.2) is 5.89 Å². The molecule has 6 heteroatoms. The summed E-state index contributed by atoms with van der Waals surface area (Å²) in [5.74, 6) is 0.536. The molecule has 0 fully saturated rings. The maximum absolute atomic E-state index is 9.29. The predicted octanol–water partition coefficient (Wildman–Crippen LogP) is 1.98. The van der Waals surface area contributed by atoms with Gasteiger partial charge >= 0.3 is 0 Å². The van der Waals surface area contributed by atoms with E-state index in [1.807, 2.05) is 0 Å². The van der Waals surface area contributed by atoms with Crippen molar-refractivity contribution in [1.29, 1.82) is 5.26 Å². The van der Waals surface area contributed by atoms with E-state index in [4.69, 9.17) is 10.2 Å². The topological polar surface area (TPSA) is 105 Å². The lowest BCUT2D eigenvalue weighted by atomic mass is 10.1. The quantitative estimate of drug-likeness (QED) is 0.675. The molecule has 0 aliphatic rings. The molecule has 3 rings (SSSR count). The van der Waals surface area contributed by atoms with Crippen LogP contribution in [0.25, 0.3) is 22.4 Å². The molecule has 3 aromatic heterocycles. The van der Waals surface area contributed by atoms with Crippen molar-refractivity contribution in [1.82, 2.24) is 15.0 Å². The Balaban J connectivity index is 2.38. The molecule has 0 saturated carbocycles. The van der Waals surface area contributed by atoms with Crippen molar-refractivity contribution in [3.8, 4) is 17.5 Å². The molecule has 0 spiro atoms. The zero-order valence-corrected chi connectivity index (χ0v) is 9.56. The summed E-state index contributed by atoms with van der Waals surface area (Å²) in [7, 11) is 0. The van der Waals surface area contributed by atoms with Gasteiger partial charge in [-0.25, -0.2) is 9.97 Å². The van der Waals surface area contributed by atoms with Gasteiger partial charge in [-0.05, 0) is 6.07 Å². The van der Waals surface area contributed by atoms with Crippen molar-refractivity contribution in [2.75, 3.05) is 5.73 Å². The second-order valence-electron chi connectivity index (χ2n) is 3.86. The Morgan fingerprint density at radius 3 is 3.00 bits per heavy atom. The Kier molecular flexibility index (Phi) is 2.07. The number of anilines is 1. The molecule has 88 valence electrons. The Hall–Kier alpha value is -2.81. The molecular formula is C12H9N5O. The number of aromatic amines is 1. The first-order valence-corrected chi connectivity index (χ1v) is 5.29. The molecule has 3 N–H and O–H groups in total. The maximum Gasteiger partial charge on any atom is 0.191 e. The van der Waals surface area contributed by atoms with Gasteiger partial charge in [-0.15, -0.1) is 0 Å². The first-order chi connectivity index (χ1) is 8.70. The Morgan fingerprint density at radius 2 is 2.33 bits per heavy atom. The lowest BCUT2D eigenvalue weighted by molar-refractivity contribution is 0.521. The van der Waals surface area contributed by atoms with Crippen molar-refractivity contribution in [2.45, 2.75) is 6.92 Å². The minimum absolute atomic E-state index is 0.434. The number of oxazole rings is 1. The third-order valence-corrected chi connectivity index (χ3v) is 2.71. The van der Waals surface area contributed by atoms with Gasteiger partial charge in [0.25, 0.3) is 0 Å². The third-order valence-electron chi connectivity index (χ3n) is 2.71. The number of nitrogens with one attached hydrogen (secondary N) is 1. The molecule has 3 aromatic rings. The summed E-state index contributed by atoms with van der Waals surface area (Å²) in [6.45, 7) is 1.74. The molecule has 0 aliphatic heterocycles. The smallest absolute Gasteiger partial charge is 0.191 e. The standard InChI is InChI=1S/C12H9N5O/c1-6-16-9(5-18-6)11-7(4-13)10-8(14)2-3-15-12(10)17-11/h2-3,5H,1H3,(H3,14,15,17). The van der Waals surface area contributed by atoms with Crippen LogP contribution in [0.2, 0.25) is 0 Å². The number of aryl methyl sites for hydroxylation is 1. The maximum atomic E-state index is 9.29. The van der Waals surface area contributed by atoms with Crippen molar-refractivity contribution in [3.63, 3.8) is 0 Å². The Bertz CT molecular complexity index is 777. The number of H-pyrrole nitrogens is 1. The fraction of sp³-hybridized carbons (Fsp3) is 0.0833. The fourth-order valence-corrected chi connectivity index (χ4v) is 1.92. The van der Waals surface area contributed by atoms with Gasteiger partial charge in [0, 0.05) is 18.8 Å². The molecule has 18 heavy (non-hydrogen) atoms. The third kappa shape index (κ3) is 1.34. The molecule has 0 amide bonds. The minimum atomic E-state index is 0.434. The molecule has 3 heterocycles. The van der Waals surface area contributed by atoms with E-state index in [1.54, 1.807) is 19.2 Å². The van der Waals surface area contributed by atoms with E-state index in [0.717, 1.165) is 0 Å². The van der Waals surface area contributed by atoms with Crippen LogP contribution in [-0.4, -0.2) is 15.0 Å². The van der Waals surface area contributed by atoms with Gasteiger partial charge in [-0.2, -0.15) is 5.26 Å². The van der Waals surface area contributed by atoms with Crippen LogP contribution in [0.3, 0.4) is 0 Å². The lowest BCUT2D eigenvalue weighted by Gasteiger charge is -1.94. The van der Waals surface area contributed by atoms with E-state index in [2.05, 4.69) is 21.0 Å². The SMILES string of the molecule is Cc1nc(-c2[nH]c3nccc(N)c3c2C#N)co1. The summed E-state index contributed by atoms with van der Waals surface area (Å²) in [6, 6.07) is 3.80. The zero-order chi connectivity index (χ0) is 12.7. The highest BCUT2D eigenvalue weighted by molar-refractivity contribution is 5.98. The monoisotopic (exact) mass is 239 g/mol.